The predicted molar refractivity (Wildman–Crippen MR) is 82.7 cm³/mol. The van der Waals surface area contributed by atoms with Crippen molar-refractivity contribution in [1.29, 1.82) is 0 Å². The molecule has 20 heavy (non-hydrogen) atoms. The molecule has 1 aromatic rings. The average molecular weight is 278 g/mol. The molecule has 4 heteroatoms. The second-order valence-electron chi connectivity index (χ2n) is 5.67. The Balaban J connectivity index is 2.48. The van der Waals surface area contributed by atoms with Crippen LogP contribution < -0.4 is 11.1 Å². The summed E-state index contributed by atoms with van der Waals surface area (Å²) in [5.41, 5.74) is 7.09. The quantitative estimate of drug-likeness (QED) is 0.671. The van der Waals surface area contributed by atoms with Gasteiger partial charge in [0.05, 0.1) is 0 Å². The number of nitrogens with two attached hydrogens (primary N) is 1. The zero-order valence-electron chi connectivity index (χ0n) is 12.6. The van der Waals surface area contributed by atoms with Crippen molar-refractivity contribution in [3.8, 4) is 5.75 Å². The third kappa shape index (κ3) is 5.21. The molecule has 0 aliphatic carbocycles. The molecule has 0 aliphatic rings. The Morgan fingerprint density at radius 2 is 2.05 bits per heavy atom. The van der Waals surface area contributed by atoms with Crippen LogP contribution in [0.25, 0.3) is 0 Å². The molecule has 4 N–H and O–H groups in total. The standard InChI is InChI=1S/C16H26N2O2/c1-11(2)13(8-9-17)4-7-16(20)18-14-5-6-15(19)12(3)10-14/h5-6,10-11,13,19H,4,7-9,17H2,1-3H3,(H,18,20). The van der Waals surface area contributed by atoms with Crippen molar-refractivity contribution in [3.63, 3.8) is 0 Å². The molecule has 0 aromatic heterocycles. The van der Waals surface area contributed by atoms with E-state index in [9.17, 15) is 9.90 Å². The van der Waals surface area contributed by atoms with Crippen LogP contribution in [0.3, 0.4) is 0 Å². The molecule has 0 saturated heterocycles. The van der Waals surface area contributed by atoms with Gasteiger partial charge in [0.2, 0.25) is 5.91 Å². The molecular weight excluding hydrogens is 252 g/mol. The minimum Gasteiger partial charge on any atom is -0.508 e. The van der Waals surface area contributed by atoms with Gasteiger partial charge in [-0.1, -0.05) is 13.8 Å². The van der Waals surface area contributed by atoms with Gasteiger partial charge in [-0.05, 0) is 61.9 Å². The highest BCUT2D eigenvalue weighted by Crippen LogP contribution is 2.22. The number of carbonyl (C=O) groups is 1. The molecule has 112 valence electrons. The van der Waals surface area contributed by atoms with Crippen molar-refractivity contribution >= 4 is 11.6 Å². The van der Waals surface area contributed by atoms with Crippen LogP contribution in [-0.4, -0.2) is 17.6 Å². The molecule has 1 rings (SSSR count). The first-order chi connectivity index (χ1) is 9.43. The molecule has 0 saturated carbocycles. The van der Waals surface area contributed by atoms with Gasteiger partial charge in [0.15, 0.2) is 0 Å². The third-order valence-electron chi connectivity index (χ3n) is 3.70. The highest BCUT2D eigenvalue weighted by molar-refractivity contribution is 5.90. The summed E-state index contributed by atoms with van der Waals surface area (Å²) in [5, 5.41) is 12.3. The van der Waals surface area contributed by atoms with Gasteiger partial charge in [0.1, 0.15) is 5.75 Å². The minimum atomic E-state index is 0.0118. The maximum Gasteiger partial charge on any atom is 0.224 e. The number of rotatable bonds is 7. The third-order valence-corrected chi connectivity index (χ3v) is 3.70. The number of carbonyl (C=O) groups excluding carboxylic acids is 1. The first-order valence-electron chi connectivity index (χ1n) is 7.23. The molecule has 0 bridgehead atoms. The number of hydrogen-bond acceptors (Lipinski definition) is 3. The van der Waals surface area contributed by atoms with Crippen LogP contribution in [0, 0.1) is 18.8 Å². The number of benzene rings is 1. The van der Waals surface area contributed by atoms with Gasteiger partial charge in [-0.15, -0.1) is 0 Å². The van der Waals surface area contributed by atoms with E-state index in [1.165, 1.54) is 0 Å². The van der Waals surface area contributed by atoms with Crippen LogP contribution in [0.15, 0.2) is 18.2 Å². The first kappa shape index (κ1) is 16.5. The van der Waals surface area contributed by atoms with Gasteiger partial charge in [-0.3, -0.25) is 4.79 Å². The number of phenolic OH excluding ortho intramolecular Hbond substituents is 1. The summed E-state index contributed by atoms with van der Waals surface area (Å²) in [7, 11) is 0. The molecule has 0 fully saturated rings. The van der Waals surface area contributed by atoms with Crippen LogP contribution in [-0.2, 0) is 4.79 Å². The number of phenols is 1. The predicted octanol–water partition coefficient (Wildman–Crippen LogP) is 3.04. The zero-order valence-corrected chi connectivity index (χ0v) is 12.6. The van der Waals surface area contributed by atoms with E-state index in [4.69, 9.17) is 5.73 Å². The summed E-state index contributed by atoms with van der Waals surface area (Å²) in [6, 6.07) is 5.07. The molecule has 1 aromatic carbocycles. The Labute approximate surface area is 121 Å². The lowest BCUT2D eigenvalue weighted by Crippen LogP contribution is -2.18. The van der Waals surface area contributed by atoms with Crippen molar-refractivity contribution in [2.24, 2.45) is 17.6 Å². The van der Waals surface area contributed by atoms with E-state index in [1.54, 1.807) is 25.1 Å². The van der Waals surface area contributed by atoms with Crippen LogP contribution in [0.2, 0.25) is 0 Å². The fraction of sp³-hybridized carbons (Fsp3) is 0.562. The summed E-state index contributed by atoms with van der Waals surface area (Å²) in [5.74, 6) is 1.29. The van der Waals surface area contributed by atoms with Crippen molar-refractivity contribution in [3.05, 3.63) is 23.8 Å². The van der Waals surface area contributed by atoms with Gasteiger partial charge < -0.3 is 16.2 Å². The maximum atomic E-state index is 11.9. The Kier molecular flexibility index (Phi) is 6.52. The van der Waals surface area contributed by atoms with E-state index < -0.39 is 0 Å². The number of amides is 1. The van der Waals surface area contributed by atoms with Gasteiger partial charge in [0, 0.05) is 12.1 Å². The Morgan fingerprint density at radius 3 is 2.60 bits per heavy atom. The molecule has 0 aliphatic heterocycles. The molecule has 0 heterocycles. The number of nitrogens with one attached hydrogen (secondary N) is 1. The van der Waals surface area contributed by atoms with E-state index in [0.717, 1.165) is 24.1 Å². The maximum absolute atomic E-state index is 11.9. The number of hydrogen-bond donors (Lipinski definition) is 3. The SMILES string of the molecule is Cc1cc(NC(=O)CCC(CCN)C(C)C)ccc1O. The van der Waals surface area contributed by atoms with Crippen LogP contribution >= 0.6 is 0 Å². The van der Waals surface area contributed by atoms with Gasteiger partial charge in [-0.2, -0.15) is 0 Å². The molecular formula is C16H26N2O2. The Hall–Kier alpha value is -1.55. The first-order valence-corrected chi connectivity index (χ1v) is 7.23. The van der Waals surface area contributed by atoms with Crippen LogP contribution in [0.5, 0.6) is 5.75 Å². The summed E-state index contributed by atoms with van der Waals surface area (Å²) < 4.78 is 0. The number of anilines is 1. The normalized spacial score (nSPS) is 12.4. The Morgan fingerprint density at radius 1 is 1.35 bits per heavy atom. The van der Waals surface area contributed by atoms with E-state index >= 15 is 0 Å². The number of aromatic hydroxyl groups is 1. The fourth-order valence-corrected chi connectivity index (χ4v) is 2.30. The molecule has 0 spiro atoms. The van der Waals surface area contributed by atoms with E-state index in [0.29, 0.717) is 24.8 Å². The zero-order chi connectivity index (χ0) is 15.1. The largest absolute Gasteiger partial charge is 0.508 e. The van der Waals surface area contributed by atoms with Gasteiger partial charge >= 0.3 is 0 Å². The monoisotopic (exact) mass is 278 g/mol. The second-order valence-corrected chi connectivity index (χ2v) is 5.67. The van der Waals surface area contributed by atoms with E-state index in [2.05, 4.69) is 19.2 Å². The molecule has 1 atom stereocenters. The minimum absolute atomic E-state index is 0.0118. The Bertz CT molecular complexity index is 444. The summed E-state index contributed by atoms with van der Waals surface area (Å²) in [6.45, 7) is 6.81. The van der Waals surface area contributed by atoms with Crippen molar-refractivity contribution in [2.45, 2.75) is 40.0 Å². The lowest BCUT2D eigenvalue weighted by atomic mass is 9.88. The smallest absolute Gasteiger partial charge is 0.224 e. The molecule has 4 nitrogen and oxygen atoms in total. The molecule has 0 radical (unpaired) electrons. The van der Waals surface area contributed by atoms with Crippen molar-refractivity contribution in [2.75, 3.05) is 11.9 Å². The van der Waals surface area contributed by atoms with Crippen LogP contribution in [0.1, 0.15) is 38.7 Å². The summed E-state index contributed by atoms with van der Waals surface area (Å²) >= 11 is 0. The topological polar surface area (TPSA) is 75.4 Å². The average Bonchev–Trinajstić information content (AvgIpc) is 2.38. The lowest BCUT2D eigenvalue weighted by Gasteiger charge is -2.19. The van der Waals surface area contributed by atoms with Crippen LogP contribution in [0.4, 0.5) is 5.69 Å². The fourth-order valence-electron chi connectivity index (χ4n) is 2.30. The van der Waals surface area contributed by atoms with Crippen molar-refractivity contribution < 1.29 is 9.90 Å². The second kappa shape index (κ2) is 7.90. The van der Waals surface area contributed by atoms with Crippen molar-refractivity contribution in [1.82, 2.24) is 0 Å². The highest BCUT2D eigenvalue weighted by atomic mass is 16.3. The molecule has 1 unspecified atom stereocenters. The highest BCUT2D eigenvalue weighted by Gasteiger charge is 2.14. The summed E-state index contributed by atoms with van der Waals surface area (Å²) in [6.07, 6.45) is 2.32. The van der Waals surface area contributed by atoms with E-state index in [-0.39, 0.29) is 11.7 Å². The molecule has 1 amide bonds. The lowest BCUT2D eigenvalue weighted by molar-refractivity contribution is -0.116. The van der Waals surface area contributed by atoms with E-state index in [1.807, 2.05) is 0 Å². The van der Waals surface area contributed by atoms with Gasteiger partial charge in [0.25, 0.3) is 0 Å². The van der Waals surface area contributed by atoms with Gasteiger partial charge in [-0.25, -0.2) is 0 Å². The number of aryl methyl sites for hydroxylation is 1. The summed E-state index contributed by atoms with van der Waals surface area (Å²) in [4.78, 5) is 11.9.